The number of pyridine rings is 1. The van der Waals surface area contributed by atoms with Crippen LogP contribution in [-0.2, 0) is 4.74 Å². The van der Waals surface area contributed by atoms with Crippen molar-refractivity contribution in [2.24, 2.45) is 0 Å². The molecule has 6 nitrogen and oxygen atoms in total. The number of ether oxygens (including phenoxy) is 2. The van der Waals surface area contributed by atoms with Gasteiger partial charge in [-0.25, -0.2) is 9.78 Å². The van der Waals surface area contributed by atoms with Crippen molar-refractivity contribution in [3.05, 3.63) is 29.8 Å². The van der Waals surface area contributed by atoms with Crippen LogP contribution >= 0.6 is 11.3 Å². The van der Waals surface area contributed by atoms with Crippen molar-refractivity contribution >= 4 is 23.1 Å². The fraction of sp³-hybridized carbons (Fsp3) is 0.500. The quantitative estimate of drug-likeness (QED) is 0.826. The molecule has 1 aliphatic rings. The molecule has 1 fully saturated rings. The van der Waals surface area contributed by atoms with Gasteiger partial charge in [-0.15, -0.1) is 11.3 Å². The van der Waals surface area contributed by atoms with E-state index in [1.807, 2.05) is 39.1 Å². The molecule has 27 heavy (non-hydrogen) atoms. The Labute approximate surface area is 164 Å². The highest BCUT2D eigenvalue weighted by molar-refractivity contribution is 7.14. The Morgan fingerprint density at radius 3 is 2.63 bits per heavy atom. The topological polar surface area (TPSA) is 63.7 Å². The minimum Gasteiger partial charge on any atom is -0.481 e. The molecule has 0 unspecified atom stereocenters. The highest BCUT2D eigenvalue weighted by Gasteiger charge is 2.26. The molecule has 1 amide bonds. The highest BCUT2D eigenvalue weighted by Crippen LogP contribution is 2.31. The summed E-state index contributed by atoms with van der Waals surface area (Å²) in [5.74, 6) is 0.616. The van der Waals surface area contributed by atoms with E-state index in [-0.39, 0.29) is 6.09 Å². The summed E-state index contributed by atoms with van der Waals surface area (Å²) in [5, 5.41) is 5.71. The third-order valence-electron chi connectivity index (χ3n) is 4.35. The van der Waals surface area contributed by atoms with Gasteiger partial charge in [0.2, 0.25) is 5.88 Å². The van der Waals surface area contributed by atoms with Crippen molar-refractivity contribution in [2.75, 3.05) is 25.5 Å². The molecule has 1 N–H and O–H groups in total. The van der Waals surface area contributed by atoms with Crippen LogP contribution in [0.2, 0.25) is 0 Å². The van der Waals surface area contributed by atoms with Crippen LogP contribution in [0.25, 0.3) is 10.4 Å². The van der Waals surface area contributed by atoms with E-state index in [1.54, 1.807) is 23.3 Å². The van der Waals surface area contributed by atoms with E-state index in [1.165, 1.54) is 4.88 Å². The van der Waals surface area contributed by atoms with Gasteiger partial charge >= 0.3 is 6.09 Å². The predicted molar refractivity (Wildman–Crippen MR) is 109 cm³/mol. The molecule has 0 bridgehead atoms. The Kier molecular flexibility index (Phi) is 5.89. The van der Waals surface area contributed by atoms with Gasteiger partial charge in [0, 0.05) is 52.9 Å². The lowest BCUT2D eigenvalue weighted by Crippen LogP contribution is -2.44. The molecule has 0 aliphatic carbocycles. The average molecular weight is 390 g/mol. The number of thiophene rings is 1. The first kappa shape index (κ1) is 19.5. The van der Waals surface area contributed by atoms with Gasteiger partial charge in [0.25, 0.3) is 0 Å². The maximum Gasteiger partial charge on any atom is 0.410 e. The van der Waals surface area contributed by atoms with Gasteiger partial charge in [-0.3, -0.25) is 0 Å². The summed E-state index contributed by atoms with van der Waals surface area (Å²) in [5.41, 5.74) is 1.74. The maximum atomic E-state index is 12.2. The second-order valence-corrected chi connectivity index (χ2v) is 8.59. The molecule has 146 valence electrons. The van der Waals surface area contributed by atoms with Gasteiger partial charge in [0.05, 0.1) is 7.11 Å². The monoisotopic (exact) mass is 389 g/mol. The zero-order valence-corrected chi connectivity index (χ0v) is 17.1. The Morgan fingerprint density at radius 2 is 2.04 bits per heavy atom. The van der Waals surface area contributed by atoms with Crippen LogP contribution in [-0.4, -0.2) is 47.8 Å². The first-order chi connectivity index (χ1) is 12.8. The number of hydrogen-bond acceptors (Lipinski definition) is 6. The number of carbonyl (C=O) groups is 1. The first-order valence-electron chi connectivity index (χ1n) is 9.17. The average Bonchev–Trinajstić information content (AvgIpc) is 3.09. The number of anilines is 1. The molecule has 0 saturated carbocycles. The molecular formula is C20H27N3O3S. The first-order valence-corrected chi connectivity index (χ1v) is 10.1. The third kappa shape index (κ3) is 5.35. The van der Waals surface area contributed by atoms with Gasteiger partial charge in [-0.05, 0) is 45.7 Å². The van der Waals surface area contributed by atoms with E-state index in [2.05, 4.69) is 21.7 Å². The molecule has 7 heteroatoms. The van der Waals surface area contributed by atoms with Crippen molar-refractivity contribution in [1.82, 2.24) is 9.88 Å². The number of nitrogens with one attached hydrogen (secondary N) is 1. The Bertz CT molecular complexity index is 760. The Balaban J connectivity index is 1.52. The van der Waals surface area contributed by atoms with Gasteiger partial charge in [-0.2, -0.15) is 0 Å². The van der Waals surface area contributed by atoms with Gasteiger partial charge in [0.1, 0.15) is 5.60 Å². The summed E-state index contributed by atoms with van der Waals surface area (Å²) in [6, 6.07) is 6.39. The minimum atomic E-state index is -0.449. The van der Waals surface area contributed by atoms with Crippen LogP contribution in [0.1, 0.15) is 33.6 Å². The molecule has 3 heterocycles. The van der Waals surface area contributed by atoms with E-state index in [9.17, 15) is 4.79 Å². The number of amides is 1. The van der Waals surface area contributed by atoms with Gasteiger partial charge in [0.15, 0.2) is 0 Å². The van der Waals surface area contributed by atoms with E-state index >= 15 is 0 Å². The molecule has 1 saturated heterocycles. The molecule has 0 spiro atoms. The zero-order chi connectivity index (χ0) is 19.4. The lowest BCUT2D eigenvalue weighted by atomic mass is 10.1. The maximum absolute atomic E-state index is 12.2. The Hall–Kier alpha value is -2.28. The largest absolute Gasteiger partial charge is 0.481 e. The van der Waals surface area contributed by atoms with Crippen molar-refractivity contribution < 1.29 is 14.3 Å². The number of carbonyl (C=O) groups excluding carboxylic acids is 1. The third-order valence-corrected chi connectivity index (χ3v) is 5.33. The van der Waals surface area contributed by atoms with E-state index < -0.39 is 5.60 Å². The van der Waals surface area contributed by atoms with Crippen molar-refractivity contribution in [3.63, 3.8) is 0 Å². The smallest absolute Gasteiger partial charge is 0.410 e. The van der Waals surface area contributed by atoms with Crippen LogP contribution in [0, 0.1) is 0 Å². The number of likely N-dealkylation sites (tertiary alicyclic amines) is 1. The number of aromatic nitrogens is 1. The molecular weight excluding hydrogens is 362 g/mol. The lowest BCUT2D eigenvalue weighted by molar-refractivity contribution is 0.0210. The normalized spacial score (nSPS) is 15.5. The van der Waals surface area contributed by atoms with Crippen LogP contribution < -0.4 is 10.1 Å². The molecule has 2 aromatic rings. The van der Waals surface area contributed by atoms with Crippen molar-refractivity contribution in [2.45, 2.75) is 45.3 Å². The number of rotatable bonds is 4. The summed E-state index contributed by atoms with van der Waals surface area (Å²) in [4.78, 5) is 19.4. The SMILES string of the molecule is COc1ccc(-c2cc(NC3CCN(C(=O)OC(C)(C)C)CC3)cs2)cn1. The Morgan fingerprint density at radius 1 is 1.30 bits per heavy atom. The van der Waals surface area contributed by atoms with E-state index in [0.717, 1.165) is 24.1 Å². The van der Waals surface area contributed by atoms with Crippen molar-refractivity contribution in [3.8, 4) is 16.3 Å². The molecule has 2 aromatic heterocycles. The molecule has 3 rings (SSSR count). The van der Waals surface area contributed by atoms with Crippen LogP contribution in [0.15, 0.2) is 29.8 Å². The summed E-state index contributed by atoms with van der Waals surface area (Å²) in [6.45, 7) is 7.11. The molecule has 0 aromatic carbocycles. The fourth-order valence-electron chi connectivity index (χ4n) is 2.98. The summed E-state index contributed by atoms with van der Waals surface area (Å²) >= 11 is 1.69. The minimum absolute atomic E-state index is 0.217. The van der Waals surface area contributed by atoms with E-state index in [4.69, 9.17) is 9.47 Å². The zero-order valence-electron chi connectivity index (χ0n) is 16.3. The summed E-state index contributed by atoms with van der Waals surface area (Å²) in [7, 11) is 1.61. The van der Waals surface area contributed by atoms with Crippen molar-refractivity contribution in [1.29, 1.82) is 0 Å². The molecule has 0 radical (unpaired) electrons. The fourth-order valence-corrected chi connectivity index (χ4v) is 3.82. The van der Waals surface area contributed by atoms with Crippen LogP contribution in [0.5, 0.6) is 5.88 Å². The molecule has 1 aliphatic heterocycles. The van der Waals surface area contributed by atoms with Gasteiger partial charge < -0.3 is 19.7 Å². The van der Waals surface area contributed by atoms with Crippen LogP contribution in [0.3, 0.4) is 0 Å². The second-order valence-electron chi connectivity index (χ2n) is 7.67. The van der Waals surface area contributed by atoms with Gasteiger partial charge in [-0.1, -0.05) is 0 Å². The van der Waals surface area contributed by atoms with E-state index in [0.29, 0.717) is 25.0 Å². The number of piperidine rings is 1. The number of methoxy groups -OCH3 is 1. The molecule has 0 atom stereocenters. The summed E-state index contributed by atoms with van der Waals surface area (Å²) < 4.78 is 10.6. The highest BCUT2D eigenvalue weighted by atomic mass is 32.1. The standard InChI is InChI=1S/C20H27N3O3S/c1-20(2,3)26-19(24)23-9-7-15(8-10-23)22-16-11-17(27-13-16)14-5-6-18(25-4)21-12-14/h5-6,11-13,15,22H,7-10H2,1-4H3. The lowest BCUT2D eigenvalue weighted by Gasteiger charge is -2.33. The van der Waals surface area contributed by atoms with Crippen LogP contribution in [0.4, 0.5) is 10.5 Å². The second kappa shape index (κ2) is 8.17. The number of nitrogens with zero attached hydrogens (tertiary/aromatic N) is 2. The number of hydrogen-bond donors (Lipinski definition) is 1. The summed E-state index contributed by atoms with van der Waals surface area (Å²) in [6.07, 6.45) is 3.43. The predicted octanol–water partition coefficient (Wildman–Crippen LogP) is 4.63.